The lowest BCUT2D eigenvalue weighted by atomic mass is 9.89. The maximum atomic E-state index is 12.5. The van der Waals surface area contributed by atoms with Crippen molar-refractivity contribution in [3.8, 4) is 5.75 Å². The Morgan fingerprint density at radius 3 is 2.35 bits per heavy atom. The van der Waals surface area contributed by atoms with Gasteiger partial charge in [-0.3, -0.25) is 23.9 Å². The van der Waals surface area contributed by atoms with Gasteiger partial charge in [0.25, 0.3) is 5.56 Å². The van der Waals surface area contributed by atoms with Gasteiger partial charge in [-0.1, -0.05) is 0 Å². The molecule has 1 aromatic carbocycles. The van der Waals surface area contributed by atoms with Gasteiger partial charge in [0.1, 0.15) is 12.3 Å². The zero-order chi connectivity index (χ0) is 18.7. The summed E-state index contributed by atoms with van der Waals surface area (Å²) in [5.74, 6) is -0.275. The summed E-state index contributed by atoms with van der Waals surface area (Å²) in [4.78, 5) is 51.3. The van der Waals surface area contributed by atoms with Crippen molar-refractivity contribution in [3.63, 3.8) is 0 Å². The van der Waals surface area contributed by atoms with Crippen molar-refractivity contribution in [1.82, 2.24) is 14.5 Å². The van der Waals surface area contributed by atoms with E-state index in [4.69, 9.17) is 0 Å². The minimum Gasteiger partial charge on any atom is -0.508 e. The normalized spacial score (nSPS) is 15.0. The number of likely N-dealkylation sites (tertiary alicyclic amines) is 1. The predicted molar refractivity (Wildman–Crippen MR) is 93.1 cm³/mol. The molecule has 2 aromatic rings. The van der Waals surface area contributed by atoms with Gasteiger partial charge in [0, 0.05) is 36.8 Å². The van der Waals surface area contributed by atoms with Crippen LogP contribution in [0.3, 0.4) is 0 Å². The van der Waals surface area contributed by atoms with Crippen LogP contribution in [0.25, 0.3) is 0 Å². The van der Waals surface area contributed by atoms with Crippen molar-refractivity contribution in [3.05, 3.63) is 62.9 Å². The number of H-pyrrole nitrogens is 1. The molecule has 0 bridgehead atoms. The van der Waals surface area contributed by atoms with Gasteiger partial charge >= 0.3 is 5.69 Å². The number of Topliss-reactive ketones (excluding diaryl/α,β-unsaturated/α-hetero) is 1. The minimum absolute atomic E-state index is 0.00829. The summed E-state index contributed by atoms with van der Waals surface area (Å²) in [7, 11) is 0. The third-order valence-electron chi connectivity index (χ3n) is 4.57. The van der Waals surface area contributed by atoms with Crippen molar-refractivity contribution >= 4 is 11.7 Å². The smallest absolute Gasteiger partial charge is 0.328 e. The topological polar surface area (TPSA) is 112 Å². The van der Waals surface area contributed by atoms with Gasteiger partial charge in [-0.05, 0) is 37.1 Å². The second-order valence-electron chi connectivity index (χ2n) is 6.30. The molecule has 26 heavy (non-hydrogen) atoms. The lowest BCUT2D eigenvalue weighted by molar-refractivity contribution is -0.133. The van der Waals surface area contributed by atoms with Crippen LogP contribution in [0, 0.1) is 5.92 Å². The highest BCUT2D eigenvalue weighted by atomic mass is 16.3. The van der Waals surface area contributed by atoms with E-state index in [1.165, 1.54) is 24.4 Å². The van der Waals surface area contributed by atoms with E-state index in [0.717, 1.165) is 4.57 Å². The number of nitrogens with one attached hydrogen (secondary N) is 1. The quantitative estimate of drug-likeness (QED) is 0.768. The number of ketones is 1. The second-order valence-corrected chi connectivity index (χ2v) is 6.30. The van der Waals surface area contributed by atoms with E-state index in [9.17, 15) is 24.3 Å². The standard InChI is InChI=1S/C18H19N3O5/c22-14-3-1-12(2-4-14)17(25)13-5-8-20(9-6-13)16(24)11-21-10-7-15(23)19-18(21)26/h1-4,7,10,13,22H,5-6,8-9,11H2,(H,19,23,26). The molecule has 2 heterocycles. The Kier molecular flexibility index (Phi) is 5.01. The number of carbonyl (C=O) groups excluding carboxylic acids is 2. The van der Waals surface area contributed by atoms with Gasteiger partial charge in [-0.15, -0.1) is 0 Å². The van der Waals surface area contributed by atoms with Crippen LogP contribution < -0.4 is 11.2 Å². The molecule has 0 radical (unpaired) electrons. The minimum atomic E-state index is -0.622. The molecular formula is C18H19N3O5. The van der Waals surface area contributed by atoms with Gasteiger partial charge in [-0.25, -0.2) is 4.79 Å². The zero-order valence-corrected chi connectivity index (χ0v) is 14.1. The maximum absolute atomic E-state index is 12.5. The molecule has 1 saturated heterocycles. The number of rotatable bonds is 4. The van der Waals surface area contributed by atoms with Crippen molar-refractivity contribution in [1.29, 1.82) is 0 Å². The lowest BCUT2D eigenvalue weighted by Crippen LogP contribution is -2.43. The number of aromatic hydroxyl groups is 1. The number of hydrogen-bond acceptors (Lipinski definition) is 5. The first kappa shape index (κ1) is 17.7. The Morgan fingerprint density at radius 2 is 1.73 bits per heavy atom. The molecule has 1 fully saturated rings. The number of phenolic OH excluding ortho intramolecular Hbond substituents is 1. The summed E-state index contributed by atoms with van der Waals surface area (Å²) in [6.45, 7) is 0.725. The summed E-state index contributed by atoms with van der Waals surface area (Å²) < 4.78 is 1.15. The van der Waals surface area contributed by atoms with E-state index in [1.54, 1.807) is 17.0 Å². The molecule has 3 rings (SSSR count). The number of benzene rings is 1. The highest BCUT2D eigenvalue weighted by molar-refractivity contribution is 5.98. The molecule has 0 aliphatic carbocycles. The average Bonchev–Trinajstić information content (AvgIpc) is 2.64. The van der Waals surface area contributed by atoms with Crippen LogP contribution >= 0.6 is 0 Å². The third kappa shape index (κ3) is 3.90. The van der Waals surface area contributed by atoms with Crippen LogP contribution in [-0.2, 0) is 11.3 Å². The molecule has 1 aliphatic rings. The predicted octanol–water partition coefficient (Wildman–Crippen LogP) is 0.364. The first-order valence-corrected chi connectivity index (χ1v) is 8.35. The third-order valence-corrected chi connectivity index (χ3v) is 4.57. The number of piperidine rings is 1. The van der Waals surface area contributed by atoms with Crippen LogP contribution in [-0.4, -0.2) is 44.3 Å². The first-order valence-electron chi connectivity index (χ1n) is 8.35. The summed E-state index contributed by atoms with van der Waals surface area (Å²) in [6.07, 6.45) is 2.39. The van der Waals surface area contributed by atoms with E-state index in [2.05, 4.69) is 4.98 Å². The van der Waals surface area contributed by atoms with E-state index < -0.39 is 11.2 Å². The van der Waals surface area contributed by atoms with E-state index in [0.29, 0.717) is 31.5 Å². The van der Waals surface area contributed by atoms with Crippen LogP contribution in [0.1, 0.15) is 23.2 Å². The Morgan fingerprint density at radius 1 is 1.08 bits per heavy atom. The number of aromatic amines is 1. The van der Waals surface area contributed by atoms with Gasteiger partial charge < -0.3 is 10.0 Å². The number of carbonyl (C=O) groups is 2. The highest BCUT2D eigenvalue weighted by Crippen LogP contribution is 2.23. The second kappa shape index (κ2) is 7.38. The molecule has 2 N–H and O–H groups in total. The number of hydrogen-bond donors (Lipinski definition) is 2. The van der Waals surface area contributed by atoms with Crippen LogP contribution in [0.5, 0.6) is 5.75 Å². The van der Waals surface area contributed by atoms with Crippen molar-refractivity contribution in [2.24, 2.45) is 5.92 Å². The summed E-state index contributed by atoms with van der Waals surface area (Å²) in [5.41, 5.74) is -0.581. The maximum Gasteiger partial charge on any atom is 0.328 e. The van der Waals surface area contributed by atoms with E-state index in [1.807, 2.05) is 0 Å². The van der Waals surface area contributed by atoms with E-state index >= 15 is 0 Å². The number of phenols is 1. The SMILES string of the molecule is O=C(c1ccc(O)cc1)C1CCN(C(=O)Cn2ccc(=O)[nH]c2=O)CC1. The van der Waals surface area contributed by atoms with Crippen LogP contribution in [0.2, 0.25) is 0 Å². The van der Waals surface area contributed by atoms with Crippen molar-refractivity contribution in [2.45, 2.75) is 19.4 Å². The molecule has 8 heteroatoms. The average molecular weight is 357 g/mol. The lowest BCUT2D eigenvalue weighted by Gasteiger charge is -2.31. The van der Waals surface area contributed by atoms with Gasteiger partial charge in [-0.2, -0.15) is 0 Å². The fourth-order valence-corrected chi connectivity index (χ4v) is 3.07. The van der Waals surface area contributed by atoms with Crippen LogP contribution in [0.4, 0.5) is 0 Å². The summed E-state index contributed by atoms with van der Waals surface area (Å²) in [6, 6.07) is 7.34. The Hall–Kier alpha value is -3.16. The van der Waals surface area contributed by atoms with Gasteiger partial charge in [0.15, 0.2) is 5.78 Å². The molecule has 8 nitrogen and oxygen atoms in total. The van der Waals surface area contributed by atoms with Crippen molar-refractivity contribution in [2.75, 3.05) is 13.1 Å². The van der Waals surface area contributed by atoms with Gasteiger partial charge in [0.05, 0.1) is 0 Å². The van der Waals surface area contributed by atoms with Crippen LogP contribution in [0.15, 0.2) is 46.1 Å². The van der Waals surface area contributed by atoms with E-state index in [-0.39, 0.29) is 29.9 Å². The number of aromatic nitrogens is 2. The Balaban J connectivity index is 1.58. The van der Waals surface area contributed by atoms with Crippen molar-refractivity contribution < 1.29 is 14.7 Å². The fraction of sp³-hybridized carbons (Fsp3) is 0.333. The monoisotopic (exact) mass is 357 g/mol. The zero-order valence-electron chi connectivity index (χ0n) is 14.1. The highest BCUT2D eigenvalue weighted by Gasteiger charge is 2.28. The molecule has 0 unspecified atom stereocenters. The number of amides is 1. The summed E-state index contributed by atoms with van der Waals surface area (Å²) >= 11 is 0. The molecule has 136 valence electrons. The molecule has 1 amide bonds. The molecule has 0 saturated carbocycles. The fourth-order valence-electron chi connectivity index (χ4n) is 3.07. The Labute approximate surface area is 148 Å². The Bertz CT molecular complexity index is 921. The largest absolute Gasteiger partial charge is 0.508 e. The van der Waals surface area contributed by atoms with Gasteiger partial charge in [0.2, 0.25) is 5.91 Å². The molecule has 0 atom stereocenters. The molecule has 1 aromatic heterocycles. The molecule has 0 spiro atoms. The first-order chi connectivity index (χ1) is 12.4. The summed E-state index contributed by atoms with van der Waals surface area (Å²) in [5, 5.41) is 9.30. The molecule has 1 aliphatic heterocycles. The molecular weight excluding hydrogens is 338 g/mol. The number of nitrogens with zero attached hydrogens (tertiary/aromatic N) is 2.